The van der Waals surface area contributed by atoms with Crippen LogP contribution in [0.3, 0.4) is 0 Å². The number of hydrogen-bond donors (Lipinski definition) is 2. The van der Waals surface area contributed by atoms with Crippen LogP contribution in [0, 0.1) is 0 Å². The first-order valence-corrected chi connectivity index (χ1v) is 12.8. The largest absolute Gasteiger partial charge is 0.454 e. The van der Waals surface area contributed by atoms with E-state index in [2.05, 4.69) is 20.8 Å². The van der Waals surface area contributed by atoms with Gasteiger partial charge in [-0.3, -0.25) is 14.9 Å². The number of rotatable bonds is 7. The molecule has 9 heteroatoms. The van der Waals surface area contributed by atoms with Gasteiger partial charge in [0.25, 0.3) is 5.91 Å². The van der Waals surface area contributed by atoms with Crippen molar-refractivity contribution in [1.82, 2.24) is 15.5 Å². The Morgan fingerprint density at radius 3 is 2.55 bits per heavy atom. The molecule has 1 atom stereocenters. The van der Waals surface area contributed by atoms with Gasteiger partial charge in [-0.2, -0.15) is 0 Å². The van der Waals surface area contributed by atoms with Gasteiger partial charge in [0.2, 0.25) is 17.8 Å². The predicted molar refractivity (Wildman–Crippen MR) is 145 cm³/mol. The van der Waals surface area contributed by atoms with Crippen molar-refractivity contribution in [3.8, 4) is 22.1 Å². The highest BCUT2D eigenvalue weighted by atomic mass is 32.1. The topological polar surface area (TPSA) is 102 Å². The number of amides is 2. The van der Waals surface area contributed by atoms with E-state index < -0.39 is 6.04 Å². The molecule has 8 nitrogen and oxygen atoms in total. The van der Waals surface area contributed by atoms with Gasteiger partial charge < -0.3 is 14.8 Å². The summed E-state index contributed by atoms with van der Waals surface area (Å²) in [6, 6.07) is 27.5. The molecule has 0 unspecified atom stereocenters. The van der Waals surface area contributed by atoms with Crippen LogP contribution in [0.5, 0.6) is 11.5 Å². The number of ether oxygens (including phenoxy) is 2. The average Bonchev–Trinajstić information content (AvgIpc) is 3.62. The SMILES string of the molecule is O=C(N[C@H](Cc1ccccc1)C(=O)Nc1nnc(-c2ccc3c(c2)OCO3)s1)c1cccc2ccccc12. The minimum absolute atomic E-state index is 0.184. The van der Waals surface area contributed by atoms with Crippen molar-refractivity contribution in [3.05, 3.63) is 102 Å². The molecule has 1 aliphatic heterocycles. The van der Waals surface area contributed by atoms with Gasteiger partial charge in [0.1, 0.15) is 11.0 Å². The molecule has 5 aromatic rings. The molecule has 6 rings (SSSR count). The van der Waals surface area contributed by atoms with Crippen molar-refractivity contribution in [2.24, 2.45) is 0 Å². The fraction of sp³-hybridized carbons (Fsp3) is 0.103. The third kappa shape index (κ3) is 4.91. The first-order valence-electron chi connectivity index (χ1n) is 12.0. The van der Waals surface area contributed by atoms with Crippen LogP contribution in [-0.4, -0.2) is 34.8 Å². The van der Waals surface area contributed by atoms with Crippen LogP contribution in [0.4, 0.5) is 5.13 Å². The van der Waals surface area contributed by atoms with Gasteiger partial charge >= 0.3 is 0 Å². The van der Waals surface area contributed by atoms with Crippen molar-refractivity contribution in [1.29, 1.82) is 0 Å². The summed E-state index contributed by atoms with van der Waals surface area (Å²) in [5, 5.41) is 16.9. The second-order valence-electron chi connectivity index (χ2n) is 8.71. The fourth-order valence-electron chi connectivity index (χ4n) is 4.33. The highest BCUT2D eigenvalue weighted by Gasteiger charge is 2.24. The number of aromatic nitrogens is 2. The number of anilines is 1. The van der Waals surface area contributed by atoms with Crippen molar-refractivity contribution in [3.63, 3.8) is 0 Å². The van der Waals surface area contributed by atoms with Crippen LogP contribution < -0.4 is 20.1 Å². The summed E-state index contributed by atoms with van der Waals surface area (Å²) in [4.78, 5) is 26.8. The van der Waals surface area contributed by atoms with Crippen LogP contribution in [0.25, 0.3) is 21.3 Å². The number of nitrogens with zero attached hydrogens (tertiary/aromatic N) is 2. The molecule has 188 valence electrons. The Kier molecular flexibility index (Phi) is 6.41. The Morgan fingerprint density at radius 1 is 0.868 bits per heavy atom. The Morgan fingerprint density at radius 2 is 1.66 bits per heavy atom. The van der Waals surface area contributed by atoms with Crippen LogP contribution in [0.1, 0.15) is 15.9 Å². The maximum absolute atomic E-state index is 13.4. The van der Waals surface area contributed by atoms with Crippen molar-refractivity contribution in [2.45, 2.75) is 12.5 Å². The molecule has 4 aromatic carbocycles. The van der Waals surface area contributed by atoms with Crippen LogP contribution in [0.2, 0.25) is 0 Å². The van der Waals surface area contributed by atoms with E-state index in [0.717, 1.165) is 21.9 Å². The quantitative estimate of drug-likeness (QED) is 0.310. The molecule has 0 aliphatic carbocycles. The molecular formula is C29H22N4O4S. The standard InChI is InChI=1S/C29H22N4O4S/c34-26(22-12-6-10-19-9-4-5-11-21(19)22)30-23(15-18-7-2-1-3-8-18)27(35)31-29-33-32-28(38-29)20-13-14-24-25(16-20)37-17-36-24/h1-14,16,23H,15,17H2,(H,30,34)(H,31,33,35)/t23-/m1/s1. The molecule has 0 bridgehead atoms. The predicted octanol–water partition coefficient (Wildman–Crippen LogP) is 5.07. The van der Waals surface area contributed by atoms with Crippen LogP contribution in [0.15, 0.2) is 91.0 Å². The number of hydrogen-bond acceptors (Lipinski definition) is 7. The zero-order chi connectivity index (χ0) is 25.9. The molecule has 2 amide bonds. The van der Waals surface area contributed by atoms with E-state index in [1.807, 2.05) is 84.9 Å². The lowest BCUT2D eigenvalue weighted by Gasteiger charge is -2.18. The number of nitrogens with one attached hydrogen (secondary N) is 2. The Hall–Kier alpha value is -4.76. The smallest absolute Gasteiger partial charge is 0.252 e. The highest BCUT2D eigenvalue weighted by molar-refractivity contribution is 7.18. The lowest BCUT2D eigenvalue weighted by Crippen LogP contribution is -2.45. The van der Waals surface area contributed by atoms with E-state index in [1.54, 1.807) is 6.07 Å². The molecule has 0 fully saturated rings. The Bertz CT molecular complexity index is 1630. The Balaban J connectivity index is 1.23. The van der Waals surface area contributed by atoms with Gasteiger partial charge in [0, 0.05) is 17.5 Å². The monoisotopic (exact) mass is 522 g/mol. The zero-order valence-corrected chi connectivity index (χ0v) is 20.9. The molecular weight excluding hydrogens is 500 g/mol. The summed E-state index contributed by atoms with van der Waals surface area (Å²) in [6.07, 6.45) is 0.316. The molecule has 0 saturated heterocycles. The summed E-state index contributed by atoms with van der Waals surface area (Å²) in [7, 11) is 0. The summed E-state index contributed by atoms with van der Waals surface area (Å²) in [6.45, 7) is 0.184. The molecule has 1 aromatic heterocycles. The van der Waals surface area contributed by atoms with Crippen molar-refractivity contribution < 1.29 is 19.1 Å². The third-order valence-corrected chi connectivity index (χ3v) is 7.10. The summed E-state index contributed by atoms with van der Waals surface area (Å²) >= 11 is 1.24. The molecule has 0 spiro atoms. The highest BCUT2D eigenvalue weighted by Crippen LogP contribution is 2.37. The number of fused-ring (bicyclic) bond motifs is 2. The van der Waals surface area contributed by atoms with Gasteiger partial charge in [-0.25, -0.2) is 0 Å². The molecule has 38 heavy (non-hydrogen) atoms. The van der Waals surface area contributed by atoms with E-state index >= 15 is 0 Å². The summed E-state index contributed by atoms with van der Waals surface area (Å²) < 4.78 is 10.8. The van der Waals surface area contributed by atoms with Gasteiger partial charge in [0.05, 0.1) is 0 Å². The maximum Gasteiger partial charge on any atom is 0.252 e. The molecule has 0 radical (unpaired) electrons. The summed E-state index contributed by atoms with van der Waals surface area (Å²) in [5.41, 5.74) is 2.23. The molecule has 2 heterocycles. The maximum atomic E-state index is 13.4. The lowest BCUT2D eigenvalue weighted by molar-refractivity contribution is -0.118. The van der Waals surface area contributed by atoms with Crippen LogP contribution >= 0.6 is 11.3 Å². The molecule has 1 aliphatic rings. The second-order valence-corrected chi connectivity index (χ2v) is 9.69. The van der Waals surface area contributed by atoms with Crippen molar-refractivity contribution in [2.75, 3.05) is 12.1 Å². The normalized spacial score (nSPS) is 12.7. The number of benzene rings is 4. The number of carbonyl (C=O) groups is 2. The van der Waals surface area contributed by atoms with Gasteiger partial charge in [-0.1, -0.05) is 78.1 Å². The number of carbonyl (C=O) groups excluding carboxylic acids is 2. The average molecular weight is 523 g/mol. The molecule has 2 N–H and O–H groups in total. The lowest BCUT2D eigenvalue weighted by atomic mass is 10.0. The Labute approximate surface area is 222 Å². The van der Waals surface area contributed by atoms with Gasteiger partial charge in [-0.05, 0) is 40.6 Å². The van der Waals surface area contributed by atoms with E-state index in [1.165, 1.54) is 11.3 Å². The van der Waals surface area contributed by atoms with Gasteiger partial charge in [0.15, 0.2) is 11.5 Å². The molecule has 0 saturated carbocycles. The zero-order valence-electron chi connectivity index (χ0n) is 20.1. The summed E-state index contributed by atoms with van der Waals surface area (Å²) in [5.74, 6) is 0.617. The minimum Gasteiger partial charge on any atom is -0.454 e. The van der Waals surface area contributed by atoms with Crippen LogP contribution in [-0.2, 0) is 11.2 Å². The van der Waals surface area contributed by atoms with E-state index in [4.69, 9.17) is 9.47 Å². The van der Waals surface area contributed by atoms with E-state index in [0.29, 0.717) is 33.6 Å². The van der Waals surface area contributed by atoms with Crippen molar-refractivity contribution >= 4 is 39.1 Å². The van der Waals surface area contributed by atoms with E-state index in [9.17, 15) is 9.59 Å². The fourth-order valence-corrected chi connectivity index (χ4v) is 5.07. The first-order chi connectivity index (χ1) is 18.6. The first kappa shape index (κ1) is 23.6. The second kappa shape index (κ2) is 10.3. The van der Waals surface area contributed by atoms with Gasteiger partial charge in [-0.15, -0.1) is 10.2 Å². The minimum atomic E-state index is -0.832. The third-order valence-electron chi connectivity index (χ3n) is 6.21. The van der Waals surface area contributed by atoms with E-state index in [-0.39, 0.29) is 18.6 Å².